The van der Waals surface area contributed by atoms with E-state index in [1.165, 1.54) is 12.1 Å². The Balaban J connectivity index is 1.82. The molecule has 0 spiro atoms. The van der Waals surface area contributed by atoms with Gasteiger partial charge in [-0.3, -0.25) is 4.99 Å². The molecule has 0 aliphatic rings. The van der Waals surface area contributed by atoms with Crippen LogP contribution < -0.4 is 16.0 Å². The number of H-pyrrole nitrogens is 1. The lowest BCUT2D eigenvalue weighted by atomic mass is 10.1. The van der Waals surface area contributed by atoms with Crippen molar-refractivity contribution in [1.82, 2.24) is 20.9 Å². The number of carbonyl (C=O) groups is 1. The smallest absolute Gasteiger partial charge is 0.408 e. The van der Waals surface area contributed by atoms with Crippen LogP contribution in [0.15, 0.2) is 29.4 Å². The zero-order valence-corrected chi connectivity index (χ0v) is 18.1. The molecule has 160 valence electrons. The molecule has 8 heteroatoms. The standard InChI is InChI=1S/C21H32FN5O2/c1-20(2,3)29-19(28)27-21(4,5)13-26-18(23-6)24-10-9-14-12-25-17-11-15(22)7-8-16(14)17/h7-8,11-12,25H,9-10,13H2,1-6H3,(H,27,28)(H2,23,24,26). The first kappa shape index (κ1) is 22.5. The van der Waals surface area contributed by atoms with Crippen molar-refractivity contribution in [2.24, 2.45) is 4.99 Å². The highest BCUT2D eigenvalue weighted by atomic mass is 19.1. The summed E-state index contributed by atoms with van der Waals surface area (Å²) in [5.74, 6) is 0.381. The molecule has 0 aliphatic carbocycles. The Bertz CT molecular complexity index is 868. The number of ether oxygens (including phenoxy) is 1. The van der Waals surface area contributed by atoms with Crippen LogP contribution in [0.2, 0.25) is 0 Å². The highest BCUT2D eigenvalue weighted by Gasteiger charge is 2.24. The number of aliphatic imine (C=N–C) groups is 1. The fourth-order valence-corrected chi connectivity index (χ4v) is 2.83. The highest BCUT2D eigenvalue weighted by Crippen LogP contribution is 2.19. The first-order valence-electron chi connectivity index (χ1n) is 9.70. The second-order valence-electron chi connectivity index (χ2n) is 8.62. The van der Waals surface area contributed by atoms with Gasteiger partial charge < -0.3 is 25.7 Å². The quantitative estimate of drug-likeness (QED) is 0.438. The predicted molar refractivity (Wildman–Crippen MR) is 115 cm³/mol. The molecule has 1 aromatic heterocycles. The number of fused-ring (bicyclic) bond motifs is 1. The molecule has 0 radical (unpaired) electrons. The average molecular weight is 406 g/mol. The molecule has 2 aromatic rings. The summed E-state index contributed by atoms with van der Waals surface area (Å²) in [5.41, 5.74) is 0.826. The number of rotatable bonds is 6. The maximum Gasteiger partial charge on any atom is 0.408 e. The Labute approximate surface area is 171 Å². The van der Waals surface area contributed by atoms with Crippen molar-refractivity contribution in [2.45, 2.75) is 52.2 Å². The summed E-state index contributed by atoms with van der Waals surface area (Å²) in [7, 11) is 1.69. The Morgan fingerprint density at radius 2 is 1.93 bits per heavy atom. The summed E-state index contributed by atoms with van der Waals surface area (Å²) < 4.78 is 18.6. The van der Waals surface area contributed by atoms with Gasteiger partial charge in [-0.25, -0.2) is 9.18 Å². The van der Waals surface area contributed by atoms with Gasteiger partial charge in [0.15, 0.2) is 5.96 Å². The van der Waals surface area contributed by atoms with Crippen LogP contribution in [0.1, 0.15) is 40.2 Å². The number of hydrogen-bond donors (Lipinski definition) is 4. The molecule has 0 unspecified atom stereocenters. The van der Waals surface area contributed by atoms with Crippen molar-refractivity contribution in [3.05, 3.63) is 35.8 Å². The lowest BCUT2D eigenvalue weighted by molar-refractivity contribution is 0.0474. The predicted octanol–water partition coefficient (Wildman–Crippen LogP) is 3.32. The monoisotopic (exact) mass is 405 g/mol. The van der Waals surface area contributed by atoms with Gasteiger partial charge in [0.2, 0.25) is 0 Å². The fraction of sp³-hybridized carbons (Fsp3) is 0.524. The second kappa shape index (κ2) is 9.15. The molecule has 2 rings (SSSR count). The molecule has 29 heavy (non-hydrogen) atoms. The maximum atomic E-state index is 13.3. The topological polar surface area (TPSA) is 90.5 Å². The molecular weight excluding hydrogens is 373 g/mol. The first-order chi connectivity index (χ1) is 13.5. The molecule has 0 saturated heterocycles. The number of benzene rings is 1. The molecule has 0 atom stereocenters. The zero-order valence-electron chi connectivity index (χ0n) is 18.1. The van der Waals surface area contributed by atoms with E-state index in [1.807, 2.05) is 40.8 Å². The number of alkyl carbamates (subject to hydrolysis) is 1. The average Bonchev–Trinajstić information content (AvgIpc) is 2.97. The zero-order chi connectivity index (χ0) is 21.7. The van der Waals surface area contributed by atoms with Gasteiger partial charge in [-0.2, -0.15) is 0 Å². The largest absolute Gasteiger partial charge is 0.444 e. The molecule has 4 N–H and O–H groups in total. The van der Waals surface area contributed by atoms with Crippen molar-refractivity contribution in [1.29, 1.82) is 0 Å². The summed E-state index contributed by atoms with van der Waals surface area (Å²) in [6.45, 7) is 10.4. The number of amides is 1. The normalized spacial score (nSPS) is 12.7. The van der Waals surface area contributed by atoms with Crippen LogP contribution in [0.4, 0.5) is 9.18 Å². The van der Waals surface area contributed by atoms with Gasteiger partial charge in [-0.15, -0.1) is 0 Å². The molecule has 1 aromatic carbocycles. The molecular formula is C21H32FN5O2. The third kappa shape index (κ3) is 7.29. The van der Waals surface area contributed by atoms with E-state index < -0.39 is 17.2 Å². The van der Waals surface area contributed by atoms with Crippen molar-refractivity contribution in [3.8, 4) is 0 Å². The van der Waals surface area contributed by atoms with Crippen molar-refractivity contribution in [2.75, 3.05) is 20.1 Å². The minimum absolute atomic E-state index is 0.253. The van der Waals surface area contributed by atoms with Crippen LogP contribution in [0, 0.1) is 5.82 Å². The van der Waals surface area contributed by atoms with Gasteiger partial charge in [0.1, 0.15) is 11.4 Å². The molecule has 1 amide bonds. The second-order valence-corrected chi connectivity index (χ2v) is 8.62. The van der Waals surface area contributed by atoms with E-state index in [9.17, 15) is 9.18 Å². The molecule has 0 fully saturated rings. The van der Waals surface area contributed by atoms with E-state index in [-0.39, 0.29) is 5.82 Å². The van der Waals surface area contributed by atoms with E-state index >= 15 is 0 Å². The number of halogens is 1. The summed E-state index contributed by atoms with van der Waals surface area (Å²) in [4.78, 5) is 19.3. The lowest BCUT2D eigenvalue weighted by Crippen LogP contribution is -2.54. The Kier molecular flexibility index (Phi) is 7.11. The molecule has 0 saturated carbocycles. The number of aromatic nitrogens is 1. The number of guanidine groups is 1. The molecule has 1 heterocycles. The Morgan fingerprint density at radius 3 is 2.59 bits per heavy atom. The first-order valence-corrected chi connectivity index (χ1v) is 9.70. The number of hydrogen-bond acceptors (Lipinski definition) is 3. The number of carbonyl (C=O) groups excluding carboxylic acids is 1. The number of nitrogens with zero attached hydrogens (tertiary/aromatic N) is 1. The summed E-state index contributed by atoms with van der Waals surface area (Å²) >= 11 is 0. The van der Waals surface area contributed by atoms with Crippen LogP contribution >= 0.6 is 0 Å². The van der Waals surface area contributed by atoms with Crippen LogP contribution in [-0.4, -0.2) is 48.3 Å². The van der Waals surface area contributed by atoms with Crippen molar-refractivity contribution < 1.29 is 13.9 Å². The Morgan fingerprint density at radius 1 is 1.21 bits per heavy atom. The van der Waals surface area contributed by atoms with Crippen molar-refractivity contribution in [3.63, 3.8) is 0 Å². The van der Waals surface area contributed by atoms with Crippen LogP contribution in [0.5, 0.6) is 0 Å². The number of nitrogens with one attached hydrogen (secondary N) is 4. The van der Waals surface area contributed by atoms with Crippen LogP contribution in [0.25, 0.3) is 10.9 Å². The van der Waals surface area contributed by atoms with E-state index in [0.717, 1.165) is 22.9 Å². The molecule has 0 aliphatic heterocycles. The minimum atomic E-state index is -0.542. The minimum Gasteiger partial charge on any atom is -0.444 e. The summed E-state index contributed by atoms with van der Waals surface area (Å²) in [6.07, 6.45) is 2.20. The lowest BCUT2D eigenvalue weighted by Gasteiger charge is -2.29. The van der Waals surface area contributed by atoms with E-state index in [2.05, 4.69) is 25.9 Å². The van der Waals surface area contributed by atoms with Gasteiger partial charge >= 0.3 is 6.09 Å². The van der Waals surface area contributed by atoms with Gasteiger partial charge in [-0.05, 0) is 64.8 Å². The fourth-order valence-electron chi connectivity index (χ4n) is 2.83. The molecule has 0 bridgehead atoms. The van der Waals surface area contributed by atoms with E-state index in [4.69, 9.17) is 4.74 Å². The van der Waals surface area contributed by atoms with Gasteiger partial charge in [0.05, 0.1) is 5.54 Å². The summed E-state index contributed by atoms with van der Waals surface area (Å²) in [5, 5.41) is 10.3. The van der Waals surface area contributed by atoms with Crippen LogP contribution in [0.3, 0.4) is 0 Å². The highest BCUT2D eigenvalue weighted by molar-refractivity contribution is 5.83. The Hall–Kier alpha value is -2.77. The molecule has 7 nitrogen and oxygen atoms in total. The van der Waals surface area contributed by atoms with E-state index in [0.29, 0.717) is 19.0 Å². The van der Waals surface area contributed by atoms with Gasteiger partial charge in [0.25, 0.3) is 0 Å². The van der Waals surface area contributed by atoms with Crippen molar-refractivity contribution >= 4 is 23.0 Å². The van der Waals surface area contributed by atoms with E-state index in [1.54, 1.807) is 13.1 Å². The third-order valence-corrected chi connectivity index (χ3v) is 4.18. The SMILES string of the molecule is CN=C(NCCc1c[nH]c2cc(F)ccc12)NCC(C)(C)NC(=O)OC(C)(C)C. The van der Waals surface area contributed by atoms with Gasteiger partial charge in [0, 0.05) is 37.2 Å². The maximum absolute atomic E-state index is 13.3. The van der Waals surface area contributed by atoms with Crippen LogP contribution in [-0.2, 0) is 11.2 Å². The van der Waals surface area contributed by atoms with Gasteiger partial charge in [-0.1, -0.05) is 0 Å². The number of aromatic amines is 1. The third-order valence-electron chi connectivity index (χ3n) is 4.18. The summed E-state index contributed by atoms with van der Waals surface area (Å²) in [6, 6.07) is 4.74.